The third-order valence-electron chi connectivity index (χ3n) is 5.20. The molecular weight excluding hydrogens is 268 g/mol. The summed E-state index contributed by atoms with van der Waals surface area (Å²) in [7, 11) is 1.87. The number of likely N-dealkylation sites (tertiary alicyclic amines) is 1. The minimum absolute atomic E-state index is 0.00524. The van der Waals surface area contributed by atoms with Gasteiger partial charge >= 0.3 is 12.0 Å². The van der Waals surface area contributed by atoms with E-state index in [0.29, 0.717) is 31.0 Å². The first kappa shape index (κ1) is 16.1. The maximum atomic E-state index is 12.6. The lowest BCUT2D eigenvalue weighted by Crippen LogP contribution is -2.51. The number of carboxylic acids is 1. The van der Waals surface area contributed by atoms with Gasteiger partial charge in [-0.2, -0.15) is 0 Å². The van der Waals surface area contributed by atoms with Crippen LogP contribution in [0.1, 0.15) is 52.4 Å². The molecule has 2 aliphatic rings. The molecular formula is C16H28N2O3. The zero-order valence-electron chi connectivity index (χ0n) is 13.5. The third kappa shape index (κ3) is 3.89. The van der Waals surface area contributed by atoms with E-state index in [-0.39, 0.29) is 6.03 Å². The van der Waals surface area contributed by atoms with Crippen LogP contribution in [0, 0.1) is 11.3 Å². The van der Waals surface area contributed by atoms with Crippen LogP contribution in [0.2, 0.25) is 0 Å². The fourth-order valence-electron chi connectivity index (χ4n) is 3.50. The summed E-state index contributed by atoms with van der Waals surface area (Å²) in [5.74, 6) is -1.18. The number of carboxylic acid groups (broad SMARTS) is 1. The first-order valence-electron chi connectivity index (χ1n) is 8.05. The lowest BCUT2D eigenvalue weighted by Gasteiger charge is -2.41. The van der Waals surface area contributed by atoms with Gasteiger partial charge in [0, 0.05) is 26.2 Å². The highest BCUT2D eigenvalue weighted by Crippen LogP contribution is 2.36. The van der Waals surface area contributed by atoms with Crippen molar-refractivity contribution >= 4 is 12.0 Å². The molecule has 1 N–H and O–H groups in total. The van der Waals surface area contributed by atoms with E-state index in [1.165, 1.54) is 0 Å². The molecule has 0 bridgehead atoms. The highest BCUT2D eigenvalue weighted by Gasteiger charge is 2.34. The zero-order chi connectivity index (χ0) is 15.6. The molecule has 2 fully saturated rings. The summed E-state index contributed by atoms with van der Waals surface area (Å²) in [6.07, 6.45) is 5.85. The van der Waals surface area contributed by atoms with Crippen LogP contribution in [-0.4, -0.2) is 53.1 Å². The van der Waals surface area contributed by atoms with Gasteiger partial charge in [0.15, 0.2) is 0 Å². The maximum absolute atomic E-state index is 12.6. The van der Waals surface area contributed by atoms with Crippen LogP contribution in [0.4, 0.5) is 4.79 Å². The minimum Gasteiger partial charge on any atom is -0.481 e. The number of nitrogens with zero attached hydrogens (tertiary/aromatic N) is 2. The molecule has 5 heteroatoms. The molecule has 1 aliphatic carbocycles. The van der Waals surface area contributed by atoms with Crippen molar-refractivity contribution in [3.63, 3.8) is 0 Å². The van der Waals surface area contributed by atoms with E-state index in [2.05, 4.69) is 13.8 Å². The van der Waals surface area contributed by atoms with Crippen LogP contribution in [0.3, 0.4) is 0 Å². The second-order valence-corrected chi connectivity index (χ2v) is 7.41. The smallest absolute Gasteiger partial charge is 0.320 e. The number of carbonyl (C=O) groups excluding carboxylic acids is 1. The summed E-state index contributed by atoms with van der Waals surface area (Å²) < 4.78 is 0. The predicted molar refractivity (Wildman–Crippen MR) is 81.1 cm³/mol. The van der Waals surface area contributed by atoms with Crippen LogP contribution in [-0.2, 0) is 4.79 Å². The second kappa shape index (κ2) is 6.24. The lowest BCUT2D eigenvalue weighted by molar-refractivity contribution is -0.143. The van der Waals surface area contributed by atoms with E-state index in [1.54, 1.807) is 4.90 Å². The van der Waals surface area contributed by atoms with Crippen LogP contribution in [0.25, 0.3) is 0 Å². The Labute approximate surface area is 127 Å². The SMILES string of the molecule is CN(C(=O)N1CCC[C@@H](C(=O)O)C1)C1CCC(C)(C)CC1. The third-order valence-corrected chi connectivity index (χ3v) is 5.20. The van der Waals surface area contributed by atoms with Crippen molar-refractivity contribution in [3.05, 3.63) is 0 Å². The van der Waals surface area contributed by atoms with Gasteiger partial charge in [0.2, 0.25) is 0 Å². The topological polar surface area (TPSA) is 60.9 Å². The van der Waals surface area contributed by atoms with Gasteiger partial charge in [-0.25, -0.2) is 4.79 Å². The van der Waals surface area contributed by atoms with Gasteiger partial charge in [-0.3, -0.25) is 4.79 Å². The van der Waals surface area contributed by atoms with Gasteiger partial charge in [-0.15, -0.1) is 0 Å². The van der Waals surface area contributed by atoms with Crippen molar-refractivity contribution in [2.75, 3.05) is 20.1 Å². The lowest BCUT2D eigenvalue weighted by atomic mass is 9.75. The molecule has 0 aromatic heterocycles. The van der Waals surface area contributed by atoms with Crippen molar-refractivity contribution in [2.45, 2.75) is 58.4 Å². The minimum atomic E-state index is -0.783. The fourth-order valence-corrected chi connectivity index (χ4v) is 3.50. The summed E-state index contributed by atoms with van der Waals surface area (Å²) in [6, 6.07) is 0.307. The largest absolute Gasteiger partial charge is 0.481 e. The van der Waals surface area contributed by atoms with E-state index in [9.17, 15) is 9.59 Å². The van der Waals surface area contributed by atoms with Crippen molar-refractivity contribution in [1.29, 1.82) is 0 Å². The number of rotatable bonds is 2. The fraction of sp³-hybridized carbons (Fsp3) is 0.875. The van der Waals surface area contributed by atoms with Gasteiger partial charge < -0.3 is 14.9 Å². The number of urea groups is 1. The van der Waals surface area contributed by atoms with E-state index in [4.69, 9.17) is 5.11 Å². The molecule has 0 spiro atoms. The van der Waals surface area contributed by atoms with Gasteiger partial charge in [-0.1, -0.05) is 13.8 Å². The number of hydrogen-bond acceptors (Lipinski definition) is 2. The molecule has 1 saturated carbocycles. The quantitative estimate of drug-likeness (QED) is 0.852. The first-order chi connectivity index (χ1) is 9.80. The molecule has 2 amide bonds. The van der Waals surface area contributed by atoms with Crippen molar-refractivity contribution in [3.8, 4) is 0 Å². The Morgan fingerprint density at radius 1 is 1.19 bits per heavy atom. The number of piperidine rings is 1. The number of amides is 2. The Kier molecular flexibility index (Phi) is 4.79. The molecule has 1 heterocycles. The van der Waals surface area contributed by atoms with Crippen molar-refractivity contribution in [2.24, 2.45) is 11.3 Å². The molecule has 1 saturated heterocycles. The van der Waals surface area contributed by atoms with E-state index >= 15 is 0 Å². The molecule has 0 unspecified atom stereocenters. The molecule has 1 aliphatic heterocycles. The molecule has 0 aromatic rings. The molecule has 1 atom stereocenters. The monoisotopic (exact) mass is 296 g/mol. The van der Waals surface area contributed by atoms with Gasteiger partial charge in [0.05, 0.1) is 5.92 Å². The standard InChI is InChI=1S/C16H28N2O3/c1-16(2)8-6-13(7-9-16)17(3)15(21)18-10-4-5-12(11-18)14(19)20/h12-13H,4-11H2,1-3H3,(H,19,20)/t12-/m1/s1. The molecule has 0 aromatic carbocycles. The Morgan fingerprint density at radius 2 is 1.81 bits per heavy atom. The van der Waals surface area contributed by atoms with Crippen LogP contribution < -0.4 is 0 Å². The van der Waals surface area contributed by atoms with Crippen LogP contribution in [0.5, 0.6) is 0 Å². The molecule has 21 heavy (non-hydrogen) atoms. The number of carbonyl (C=O) groups is 2. The normalized spacial score (nSPS) is 26.4. The zero-order valence-corrected chi connectivity index (χ0v) is 13.5. The molecule has 2 rings (SSSR count). The van der Waals surface area contributed by atoms with Gasteiger partial charge in [-0.05, 0) is 43.9 Å². The molecule has 0 radical (unpaired) electrons. The van der Waals surface area contributed by atoms with Gasteiger partial charge in [0.25, 0.3) is 0 Å². The van der Waals surface area contributed by atoms with Crippen molar-refractivity contribution in [1.82, 2.24) is 9.80 Å². The van der Waals surface area contributed by atoms with E-state index < -0.39 is 11.9 Å². The molecule has 120 valence electrons. The Bertz CT molecular complexity index is 398. The second-order valence-electron chi connectivity index (χ2n) is 7.41. The highest BCUT2D eigenvalue weighted by atomic mass is 16.4. The van der Waals surface area contributed by atoms with Gasteiger partial charge in [0.1, 0.15) is 0 Å². The predicted octanol–water partition coefficient (Wildman–Crippen LogP) is 2.80. The van der Waals surface area contributed by atoms with Crippen LogP contribution in [0.15, 0.2) is 0 Å². The summed E-state index contributed by atoms with van der Waals surface area (Å²) >= 11 is 0. The average molecular weight is 296 g/mol. The Balaban J connectivity index is 1.91. The molecule has 5 nitrogen and oxygen atoms in total. The van der Waals surface area contributed by atoms with E-state index in [0.717, 1.165) is 32.1 Å². The van der Waals surface area contributed by atoms with Crippen LogP contribution >= 0.6 is 0 Å². The number of hydrogen-bond donors (Lipinski definition) is 1. The first-order valence-corrected chi connectivity index (χ1v) is 8.05. The maximum Gasteiger partial charge on any atom is 0.320 e. The summed E-state index contributed by atoms with van der Waals surface area (Å²) in [5.41, 5.74) is 0.389. The van der Waals surface area contributed by atoms with Crippen molar-refractivity contribution < 1.29 is 14.7 Å². The van der Waals surface area contributed by atoms with E-state index in [1.807, 2.05) is 11.9 Å². The highest BCUT2D eigenvalue weighted by molar-refractivity contribution is 5.76. The Hall–Kier alpha value is -1.26. The number of aliphatic carboxylic acids is 1. The summed E-state index contributed by atoms with van der Waals surface area (Å²) in [5, 5.41) is 9.13. The Morgan fingerprint density at radius 3 is 2.38 bits per heavy atom. The summed E-state index contributed by atoms with van der Waals surface area (Å²) in [4.78, 5) is 27.3. The average Bonchev–Trinajstić information content (AvgIpc) is 2.46. The summed E-state index contributed by atoms with van der Waals surface area (Å²) in [6.45, 7) is 5.61.